The Balaban J connectivity index is 2.48. The standard InChI is InChI=1S/C16H15N/c1-11(2)13-4-3-5-14-15(13)7-6-12-8-9-17-10-16(12)14/h3-11H,1-2H3. The van der Waals surface area contributed by atoms with E-state index in [0.29, 0.717) is 5.92 Å². The molecule has 1 heterocycles. The summed E-state index contributed by atoms with van der Waals surface area (Å²) in [4.78, 5) is 4.24. The molecule has 1 nitrogen and oxygen atoms in total. The molecule has 0 saturated carbocycles. The summed E-state index contributed by atoms with van der Waals surface area (Å²) in [6.07, 6.45) is 3.81. The average molecular weight is 221 g/mol. The Kier molecular flexibility index (Phi) is 2.32. The summed E-state index contributed by atoms with van der Waals surface area (Å²) in [6, 6.07) is 13.0. The highest BCUT2D eigenvalue weighted by Crippen LogP contribution is 2.30. The van der Waals surface area contributed by atoms with Crippen LogP contribution in [0, 0.1) is 0 Å². The minimum atomic E-state index is 0.549. The third kappa shape index (κ3) is 1.59. The summed E-state index contributed by atoms with van der Waals surface area (Å²) in [5.74, 6) is 0.549. The van der Waals surface area contributed by atoms with E-state index in [1.54, 1.807) is 0 Å². The third-order valence-corrected chi connectivity index (χ3v) is 3.34. The van der Waals surface area contributed by atoms with Gasteiger partial charge < -0.3 is 0 Å². The van der Waals surface area contributed by atoms with Crippen LogP contribution in [0.3, 0.4) is 0 Å². The van der Waals surface area contributed by atoms with E-state index in [2.05, 4.69) is 55.2 Å². The van der Waals surface area contributed by atoms with Crippen LogP contribution >= 0.6 is 0 Å². The van der Waals surface area contributed by atoms with Crippen LogP contribution in [0.5, 0.6) is 0 Å². The smallest absolute Gasteiger partial charge is 0.0352 e. The van der Waals surface area contributed by atoms with Gasteiger partial charge in [0.05, 0.1) is 0 Å². The van der Waals surface area contributed by atoms with Crippen molar-refractivity contribution in [1.82, 2.24) is 4.98 Å². The first kappa shape index (κ1) is 10.3. The molecule has 0 bridgehead atoms. The molecule has 3 aromatic rings. The fourth-order valence-electron chi connectivity index (χ4n) is 2.46. The van der Waals surface area contributed by atoms with Crippen LogP contribution in [-0.4, -0.2) is 4.98 Å². The fraction of sp³-hybridized carbons (Fsp3) is 0.188. The number of hydrogen-bond acceptors (Lipinski definition) is 1. The lowest BCUT2D eigenvalue weighted by molar-refractivity contribution is 0.876. The van der Waals surface area contributed by atoms with Gasteiger partial charge in [0.15, 0.2) is 0 Å². The van der Waals surface area contributed by atoms with Crippen molar-refractivity contribution in [2.45, 2.75) is 19.8 Å². The van der Waals surface area contributed by atoms with E-state index >= 15 is 0 Å². The molecule has 2 aromatic carbocycles. The van der Waals surface area contributed by atoms with Crippen molar-refractivity contribution in [3.63, 3.8) is 0 Å². The number of hydrogen-bond donors (Lipinski definition) is 0. The van der Waals surface area contributed by atoms with Gasteiger partial charge in [0.1, 0.15) is 0 Å². The largest absolute Gasteiger partial charge is 0.264 e. The number of benzene rings is 2. The normalized spacial score (nSPS) is 11.5. The van der Waals surface area contributed by atoms with Crippen LogP contribution in [0.2, 0.25) is 0 Å². The zero-order valence-corrected chi connectivity index (χ0v) is 10.1. The van der Waals surface area contributed by atoms with Gasteiger partial charge in [0, 0.05) is 17.8 Å². The molecule has 0 aliphatic heterocycles. The van der Waals surface area contributed by atoms with E-state index in [0.717, 1.165) is 0 Å². The lowest BCUT2D eigenvalue weighted by atomic mass is 9.94. The van der Waals surface area contributed by atoms with Crippen molar-refractivity contribution in [3.05, 3.63) is 54.4 Å². The number of rotatable bonds is 1. The molecule has 3 rings (SSSR count). The molecular weight excluding hydrogens is 206 g/mol. The van der Waals surface area contributed by atoms with Crippen LogP contribution in [-0.2, 0) is 0 Å². The number of aromatic nitrogens is 1. The highest BCUT2D eigenvalue weighted by Gasteiger charge is 2.06. The monoisotopic (exact) mass is 221 g/mol. The Morgan fingerprint density at radius 3 is 2.59 bits per heavy atom. The number of fused-ring (bicyclic) bond motifs is 3. The maximum Gasteiger partial charge on any atom is 0.0352 e. The van der Waals surface area contributed by atoms with Gasteiger partial charge in [-0.05, 0) is 33.7 Å². The van der Waals surface area contributed by atoms with Crippen molar-refractivity contribution in [2.24, 2.45) is 0 Å². The Bertz CT molecular complexity index is 683. The molecule has 0 aliphatic carbocycles. The molecular formula is C16H15N. The van der Waals surface area contributed by atoms with Crippen LogP contribution in [0.4, 0.5) is 0 Å². The predicted molar refractivity (Wildman–Crippen MR) is 73.3 cm³/mol. The van der Waals surface area contributed by atoms with Crippen molar-refractivity contribution in [1.29, 1.82) is 0 Å². The van der Waals surface area contributed by atoms with E-state index in [-0.39, 0.29) is 0 Å². The molecule has 0 atom stereocenters. The molecule has 0 fully saturated rings. The van der Waals surface area contributed by atoms with Gasteiger partial charge >= 0.3 is 0 Å². The van der Waals surface area contributed by atoms with Gasteiger partial charge in [-0.2, -0.15) is 0 Å². The second-order valence-corrected chi connectivity index (χ2v) is 4.76. The summed E-state index contributed by atoms with van der Waals surface area (Å²) < 4.78 is 0. The SMILES string of the molecule is CC(C)c1cccc2c1ccc1ccncc12. The van der Waals surface area contributed by atoms with E-state index in [1.807, 2.05) is 12.4 Å². The molecule has 1 aromatic heterocycles. The van der Waals surface area contributed by atoms with Crippen molar-refractivity contribution in [3.8, 4) is 0 Å². The molecule has 0 spiro atoms. The maximum atomic E-state index is 4.24. The minimum absolute atomic E-state index is 0.549. The van der Waals surface area contributed by atoms with Gasteiger partial charge in [-0.15, -0.1) is 0 Å². The zero-order valence-electron chi connectivity index (χ0n) is 10.1. The molecule has 17 heavy (non-hydrogen) atoms. The van der Waals surface area contributed by atoms with E-state index in [4.69, 9.17) is 0 Å². The van der Waals surface area contributed by atoms with Gasteiger partial charge in [-0.3, -0.25) is 4.98 Å². The van der Waals surface area contributed by atoms with Crippen LogP contribution in [0.15, 0.2) is 48.8 Å². The summed E-state index contributed by atoms with van der Waals surface area (Å²) in [6.45, 7) is 4.48. The Labute approximate surface area is 101 Å². The summed E-state index contributed by atoms with van der Waals surface area (Å²) >= 11 is 0. The molecule has 84 valence electrons. The number of nitrogens with zero attached hydrogens (tertiary/aromatic N) is 1. The van der Waals surface area contributed by atoms with Crippen LogP contribution < -0.4 is 0 Å². The summed E-state index contributed by atoms with van der Waals surface area (Å²) in [5, 5.41) is 5.16. The van der Waals surface area contributed by atoms with Crippen molar-refractivity contribution >= 4 is 21.5 Å². The van der Waals surface area contributed by atoms with Gasteiger partial charge in [-0.1, -0.05) is 44.2 Å². The predicted octanol–water partition coefficient (Wildman–Crippen LogP) is 4.51. The Morgan fingerprint density at radius 2 is 1.76 bits per heavy atom. The first-order chi connectivity index (χ1) is 8.27. The second kappa shape index (κ2) is 3.85. The molecule has 0 amide bonds. The molecule has 0 radical (unpaired) electrons. The molecule has 0 saturated heterocycles. The van der Waals surface area contributed by atoms with Crippen molar-refractivity contribution < 1.29 is 0 Å². The topological polar surface area (TPSA) is 12.9 Å². The van der Waals surface area contributed by atoms with Gasteiger partial charge in [0.2, 0.25) is 0 Å². The third-order valence-electron chi connectivity index (χ3n) is 3.34. The Morgan fingerprint density at radius 1 is 0.882 bits per heavy atom. The second-order valence-electron chi connectivity index (χ2n) is 4.76. The maximum absolute atomic E-state index is 4.24. The Hall–Kier alpha value is -1.89. The first-order valence-corrected chi connectivity index (χ1v) is 6.03. The van der Waals surface area contributed by atoms with Crippen molar-refractivity contribution in [2.75, 3.05) is 0 Å². The average Bonchev–Trinajstić information content (AvgIpc) is 2.37. The van der Waals surface area contributed by atoms with Gasteiger partial charge in [-0.25, -0.2) is 0 Å². The lowest BCUT2D eigenvalue weighted by Gasteiger charge is -2.11. The van der Waals surface area contributed by atoms with E-state index < -0.39 is 0 Å². The molecule has 0 unspecified atom stereocenters. The lowest BCUT2D eigenvalue weighted by Crippen LogP contribution is -1.89. The highest BCUT2D eigenvalue weighted by molar-refractivity contribution is 6.08. The van der Waals surface area contributed by atoms with E-state index in [1.165, 1.54) is 27.1 Å². The van der Waals surface area contributed by atoms with Gasteiger partial charge in [0.25, 0.3) is 0 Å². The number of pyridine rings is 1. The zero-order chi connectivity index (χ0) is 11.8. The quantitative estimate of drug-likeness (QED) is 0.551. The molecule has 1 heteroatoms. The van der Waals surface area contributed by atoms with Crippen LogP contribution in [0.25, 0.3) is 21.5 Å². The summed E-state index contributed by atoms with van der Waals surface area (Å²) in [5.41, 5.74) is 1.41. The molecule has 0 N–H and O–H groups in total. The highest BCUT2D eigenvalue weighted by atomic mass is 14.6. The first-order valence-electron chi connectivity index (χ1n) is 6.03. The summed E-state index contributed by atoms with van der Waals surface area (Å²) in [7, 11) is 0. The van der Waals surface area contributed by atoms with E-state index in [9.17, 15) is 0 Å². The molecule has 0 aliphatic rings. The fourth-order valence-corrected chi connectivity index (χ4v) is 2.46. The minimum Gasteiger partial charge on any atom is -0.264 e. The van der Waals surface area contributed by atoms with Crippen LogP contribution in [0.1, 0.15) is 25.3 Å².